The van der Waals surface area contributed by atoms with Crippen LogP contribution in [0.1, 0.15) is 19.4 Å². The predicted octanol–water partition coefficient (Wildman–Crippen LogP) is 2.51. The van der Waals surface area contributed by atoms with Crippen molar-refractivity contribution in [3.63, 3.8) is 0 Å². The molecule has 0 saturated carbocycles. The summed E-state index contributed by atoms with van der Waals surface area (Å²) in [4.78, 5) is 12.6. The molecule has 0 spiro atoms. The van der Waals surface area contributed by atoms with Crippen molar-refractivity contribution in [1.82, 2.24) is 10.2 Å². The molecule has 1 atom stereocenters. The minimum absolute atomic E-state index is 0.104. The third-order valence-electron chi connectivity index (χ3n) is 3.65. The first-order valence-corrected chi connectivity index (χ1v) is 11.7. The maximum atomic E-state index is 12.6. The first-order chi connectivity index (χ1) is 12.6. The second kappa shape index (κ2) is 7.64. The number of carbonyl (C=O) groups is 1. The summed E-state index contributed by atoms with van der Waals surface area (Å²) in [6.45, 7) is 5.84. The highest BCUT2D eigenvalue weighted by molar-refractivity contribution is 8.01. The van der Waals surface area contributed by atoms with Gasteiger partial charge in [0.25, 0.3) is 5.91 Å². The molecule has 0 fully saturated rings. The SMILES string of the molecule is Cc1ccc2c(c1)N(S(C)(=O)=O)C[C@H](C(=O)Nc1nnc(SC(C)C)s1)O2. The Bertz CT molecular complexity index is 958. The first-order valence-electron chi connectivity index (χ1n) is 8.19. The van der Waals surface area contributed by atoms with E-state index in [9.17, 15) is 13.2 Å². The van der Waals surface area contributed by atoms with Crippen LogP contribution in [0.5, 0.6) is 5.75 Å². The Morgan fingerprint density at radius 1 is 1.41 bits per heavy atom. The highest BCUT2D eigenvalue weighted by Crippen LogP contribution is 2.36. The van der Waals surface area contributed by atoms with Crippen molar-refractivity contribution in [2.75, 3.05) is 22.4 Å². The van der Waals surface area contributed by atoms with Crippen molar-refractivity contribution in [3.8, 4) is 5.75 Å². The summed E-state index contributed by atoms with van der Waals surface area (Å²) < 4.78 is 32.1. The molecule has 1 aliphatic rings. The molecule has 0 bridgehead atoms. The Labute approximate surface area is 166 Å². The number of thioether (sulfide) groups is 1. The van der Waals surface area contributed by atoms with Gasteiger partial charge in [-0.15, -0.1) is 10.2 Å². The van der Waals surface area contributed by atoms with Gasteiger partial charge in [-0.1, -0.05) is 43.0 Å². The number of carbonyl (C=O) groups excluding carboxylic acids is 1. The standard InChI is InChI=1S/C16H20N4O4S3/c1-9(2)25-16-19-18-15(26-16)17-14(21)13-8-20(27(4,22)23)11-7-10(3)5-6-12(11)24-13/h5-7,9,13H,8H2,1-4H3,(H,17,18,21)/t13-/m1/s1. The third-order valence-corrected chi connectivity index (χ3v) is 6.72. The number of fused-ring (bicyclic) bond motifs is 1. The summed E-state index contributed by atoms with van der Waals surface area (Å²) in [5, 5.41) is 11.4. The first kappa shape index (κ1) is 19.9. The lowest BCUT2D eigenvalue weighted by molar-refractivity contribution is -0.122. The van der Waals surface area contributed by atoms with Crippen LogP contribution in [0.15, 0.2) is 22.5 Å². The average molecular weight is 429 g/mol. The van der Waals surface area contributed by atoms with E-state index in [1.807, 2.05) is 20.8 Å². The van der Waals surface area contributed by atoms with E-state index in [4.69, 9.17) is 4.74 Å². The fourth-order valence-electron chi connectivity index (χ4n) is 2.51. The van der Waals surface area contributed by atoms with Crippen LogP contribution in [-0.2, 0) is 14.8 Å². The minimum Gasteiger partial charge on any atom is -0.476 e. The number of aryl methyl sites for hydroxylation is 1. The number of aromatic nitrogens is 2. The van der Waals surface area contributed by atoms with Crippen molar-refractivity contribution < 1.29 is 17.9 Å². The van der Waals surface area contributed by atoms with E-state index < -0.39 is 22.0 Å². The van der Waals surface area contributed by atoms with Crippen molar-refractivity contribution in [1.29, 1.82) is 0 Å². The molecule has 2 heterocycles. The molecule has 0 unspecified atom stereocenters. The summed E-state index contributed by atoms with van der Waals surface area (Å²) in [7, 11) is -3.56. The van der Waals surface area contributed by atoms with Gasteiger partial charge in [0.05, 0.1) is 18.5 Å². The molecule has 1 N–H and O–H groups in total. The number of sulfonamides is 1. The number of nitrogens with one attached hydrogen (secondary N) is 1. The molecule has 2 aromatic rings. The van der Waals surface area contributed by atoms with E-state index in [-0.39, 0.29) is 6.54 Å². The van der Waals surface area contributed by atoms with Crippen LogP contribution in [0.4, 0.5) is 10.8 Å². The lowest BCUT2D eigenvalue weighted by Gasteiger charge is -2.34. The normalized spacial score (nSPS) is 16.8. The zero-order chi connectivity index (χ0) is 19.8. The zero-order valence-corrected chi connectivity index (χ0v) is 17.7. The molecule has 146 valence electrons. The van der Waals surface area contributed by atoms with E-state index >= 15 is 0 Å². The van der Waals surface area contributed by atoms with Crippen LogP contribution >= 0.6 is 23.1 Å². The van der Waals surface area contributed by atoms with E-state index in [0.717, 1.165) is 16.2 Å². The summed E-state index contributed by atoms with van der Waals surface area (Å²) in [5.74, 6) is -0.113. The second-order valence-corrected chi connectivity index (χ2v) is 11.1. The minimum atomic E-state index is -3.56. The van der Waals surface area contributed by atoms with Gasteiger partial charge in [0.1, 0.15) is 5.75 Å². The fourth-order valence-corrected chi connectivity index (χ4v) is 5.39. The van der Waals surface area contributed by atoms with Gasteiger partial charge in [0.15, 0.2) is 10.4 Å². The number of benzene rings is 1. The van der Waals surface area contributed by atoms with Crippen LogP contribution in [-0.4, -0.2) is 48.7 Å². The van der Waals surface area contributed by atoms with Crippen LogP contribution in [0.2, 0.25) is 0 Å². The summed E-state index contributed by atoms with van der Waals surface area (Å²) in [6.07, 6.45) is 0.125. The Balaban J connectivity index is 1.80. The maximum absolute atomic E-state index is 12.6. The highest BCUT2D eigenvalue weighted by atomic mass is 32.2. The molecule has 3 rings (SSSR count). The number of ether oxygens (including phenoxy) is 1. The Kier molecular flexibility index (Phi) is 5.63. The molecule has 1 aromatic carbocycles. The Morgan fingerprint density at radius 3 is 2.81 bits per heavy atom. The molecule has 0 saturated heterocycles. The van der Waals surface area contributed by atoms with Gasteiger partial charge >= 0.3 is 0 Å². The molecular formula is C16H20N4O4S3. The molecule has 1 amide bonds. The molecule has 1 aliphatic heterocycles. The van der Waals surface area contributed by atoms with Crippen LogP contribution in [0, 0.1) is 6.92 Å². The topological polar surface area (TPSA) is 101 Å². The van der Waals surface area contributed by atoms with Gasteiger partial charge < -0.3 is 4.74 Å². The monoisotopic (exact) mass is 428 g/mol. The molecule has 0 radical (unpaired) electrons. The molecular weight excluding hydrogens is 408 g/mol. The van der Waals surface area contributed by atoms with Gasteiger partial charge in [-0.25, -0.2) is 8.42 Å². The number of hydrogen-bond acceptors (Lipinski definition) is 8. The zero-order valence-electron chi connectivity index (χ0n) is 15.3. The maximum Gasteiger partial charge on any atom is 0.269 e. The lowest BCUT2D eigenvalue weighted by atomic mass is 10.1. The Hall–Kier alpha value is -1.85. The number of nitrogens with zero attached hydrogens (tertiary/aromatic N) is 3. The summed E-state index contributed by atoms with van der Waals surface area (Å²) in [5.41, 5.74) is 1.34. The summed E-state index contributed by atoms with van der Waals surface area (Å²) >= 11 is 2.82. The highest BCUT2D eigenvalue weighted by Gasteiger charge is 2.35. The van der Waals surface area contributed by atoms with Crippen molar-refractivity contribution in [2.45, 2.75) is 36.5 Å². The third kappa shape index (κ3) is 4.71. The van der Waals surface area contributed by atoms with E-state index in [0.29, 0.717) is 21.8 Å². The average Bonchev–Trinajstić information content (AvgIpc) is 2.98. The molecule has 1 aromatic heterocycles. The second-order valence-electron chi connectivity index (χ2n) is 6.40. The fraction of sp³-hybridized carbons (Fsp3) is 0.438. The van der Waals surface area contributed by atoms with Crippen molar-refractivity contribution in [2.24, 2.45) is 0 Å². The van der Waals surface area contributed by atoms with E-state index in [1.165, 1.54) is 15.6 Å². The van der Waals surface area contributed by atoms with Crippen LogP contribution in [0.3, 0.4) is 0 Å². The van der Waals surface area contributed by atoms with Crippen LogP contribution < -0.4 is 14.4 Å². The Morgan fingerprint density at radius 2 is 2.15 bits per heavy atom. The van der Waals surface area contributed by atoms with E-state index in [2.05, 4.69) is 15.5 Å². The van der Waals surface area contributed by atoms with Crippen molar-refractivity contribution >= 4 is 49.8 Å². The molecule has 0 aliphatic carbocycles. The number of hydrogen-bond donors (Lipinski definition) is 1. The predicted molar refractivity (Wildman–Crippen MR) is 107 cm³/mol. The van der Waals surface area contributed by atoms with Gasteiger partial charge in [0.2, 0.25) is 15.2 Å². The molecule has 27 heavy (non-hydrogen) atoms. The number of amides is 1. The van der Waals surface area contributed by atoms with Gasteiger partial charge in [0, 0.05) is 5.25 Å². The lowest BCUT2D eigenvalue weighted by Crippen LogP contribution is -2.48. The van der Waals surface area contributed by atoms with Crippen molar-refractivity contribution in [3.05, 3.63) is 23.8 Å². The van der Waals surface area contributed by atoms with Gasteiger partial charge in [-0.3, -0.25) is 14.4 Å². The molecule has 8 nitrogen and oxygen atoms in total. The number of anilines is 2. The number of rotatable bonds is 5. The van der Waals surface area contributed by atoms with Crippen LogP contribution in [0.25, 0.3) is 0 Å². The largest absolute Gasteiger partial charge is 0.476 e. The quantitative estimate of drug-likeness (QED) is 0.577. The summed E-state index contributed by atoms with van der Waals surface area (Å²) in [6, 6.07) is 5.20. The smallest absolute Gasteiger partial charge is 0.269 e. The van der Waals surface area contributed by atoms with E-state index in [1.54, 1.807) is 30.0 Å². The molecule has 11 heteroatoms. The van der Waals surface area contributed by atoms with Gasteiger partial charge in [-0.2, -0.15) is 0 Å². The van der Waals surface area contributed by atoms with Gasteiger partial charge in [-0.05, 0) is 24.6 Å².